The monoisotopic (exact) mass is 278 g/mol. The van der Waals surface area contributed by atoms with E-state index in [2.05, 4.69) is 6.07 Å². The van der Waals surface area contributed by atoms with Crippen LogP contribution >= 0.6 is 0 Å². The molecule has 0 aliphatic rings. The molecule has 0 saturated carbocycles. The van der Waals surface area contributed by atoms with E-state index in [-0.39, 0.29) is 5.91 Å². The highest BCUT2D eigenvalue weighted by molar-refractivity contribution is 5.86. The summed E-state index contributed by atoms with van der Waals surface area (Å²) < 4.78 is 0. The van der Waals surface area contributed by atoms with Gasteiger partial charge in [0.25, 0.3) is 0 Å². The molecule has 0 saturated heterocycles. The minimum absolute atomic E-state index is 0.176. The summed E-state index contributed by atoms with van der Waals surface area (Å²) in [6.07, 6.45) is 0. The number of carbonyl (C=O) groups is 1. The molecule has 21 heavy (non-hydrogen) atoms. The van der Waals surface area contributed by atoms with Gasteiger partial charge in [-0.15, -0.1) is 0 Å². The van der Waals surface area contributed by atoms with Crippen molar-refractivity contribution >= 4 is 5.91 Å². The van der Waals surface area contributed by atoms with Crippen LogP contribution in [0.15, 0.2) is 54.6 Å². The Hall–Kier alpha value is -2.60. The van der Waals surface area contributed by atoms with Crippen molar-refractivity contribution < 1.29 is 4.79 Å². The fraction of sp³-hybridized carbons (Fsp3) is 0.222. The van der Waals surface area contributed by atoms with E-state index in [1.165, 1.54) is 0 Å². The Bertz CT molecular complexity index is 658. The molecule has 0 radical (unpaired) electrons. The lowest BCUT2D eigenvalue weighted by Gasteiger charge is -2.20. The van der Waals surface area contributed by atoms with Crippen molar-refractivity contribution in [3.8, 4) is 6.07 Å². The van der Waals surface area contributed by atoms with Crippen LogP contribution in [0.3, 0.4) is 0 Å². The summed E-state index contributed by atoms with van der Waals surface area (Å²) in [5.41, 5.74) is 2.96. The van der Waals surface area contributed by atoms with E-state index >= 15 is 0 Å². The highest BCUT2D eigenvalue weighted by Crippen LogP contribution is 2.18. The molecule has 2 aromatic rings. The predicted molar refractivity (Wildman–Crippen MR) is 82.4 cm³/mol. The van der Waals surface area contributed by atoms with Gasteiger partial charge in [0.1, 0.15) is 5.92 Å². The lowest BCUT2D eigenvalue weighted by atomic mass is 9.99. The number of aryl methyl sites for hydroxylation is 1. The minimum Gasteiger partial charge on any atom is -0.340 e. The molecule has 3 heteroatoms. The van der Waals surface area contributed by atoms with Crippen molar-refractivity contribution in [3.63, 3.8) is 0 Å². The average molecular weight is 278 g/mol. The molecule has 0 N–H and O–H groups in total. The Morgan fingerprint density at radius 1 is 1.19 bits per heavy atom. The Morgan fingerprint density at radius 2 is 1.90 bits per heavy atom. The third kappa shape index (κ3) is 3.70. The van der Waals surface area contributed by atoms with Gasteiger partial charge < -0.3 is 4.90 Å². The van der Waals surface area contributed by atoms with Gasteiger partial charge in [-0.25, -0.2) is 0 Å². The number of nitriles is 1. The molecule has 1 amide bonds. The maximum atomic E-state index is 12.5. The first kappa shape index (κ1) is 14.8. The van der Waals surface area contributed by atoms with E-state index in [4.69, 9.17) is 0 Å². The first-order chi connectivity index (χ1) is 10.1. The van der Waals surface area contributed by atoms with E-state index < -0.39 is 5.92 Å². The SMILES string of the molecule is Cc1cccc(CN(C)C(=O)C(C#N)c2ccccc2)c1. The summed E-state index contributed by atoms with van der Waals surface area (Å²) in [6, 6.07) is 19.3. The van der Waals surface area contributed by atoms with Crippen molar-refractivity contribution in [1.82, 2.24) is 4.90 Å². The number of carbonyl (C=O) groups excluding carboxylic acids is 1. The number of benzene rings is 2. The zero-order valence-corrected chi connectivity index (χ0v) is 12.3. The van der Waals surface area contributed by atoms with Crippen LogP contribution in [0.4, 0.5) is 0 Å². The number of amides is 1. The van der Waals surface area contributed by atoms with Gasteiger partial charge in [-0.2, -0.15) is 5.26 Å². The molecular weight excluding hydrogens is 260 g/mol. The zero-order chi connectivity index (χ0) is 15.2. The molecule has 1 atom stereocenters. The standard InChI is InChI=1S/C18H18N2O/c1-14-7-6-8-15(11-14)13-20(2)18(21)17(12-19)16-9-4-3-5-10-16/h3-11,17H,13H2,1-2H3. The molecule has 0 spiro atoms. The second-order valence-electron chi connectivity index (χ2n) is 5.16. The predicted octanol–water partition coefficient (Wildman–Crippen LogP) is 3.26. The van der Waals surface area contributed by atoms with E-state index in [0.29, 0.717) is 6.54 Å². The maximum Gasteiger partial charge on any atom is 0.244 e. The van der Waals surface area contributed by atoms with Crippen LogP contribution in [0, 0.1) is 18.3 Å². The molecule has 106 valence electrons. The molecule has 0 bridgehead atoms. The molecule has 0 fully saturated rings. The number of rotatable bonds is 4. The van der Waals surface area contributed by atoms with E-state index in [9.17, 15) is 10.1 Å². The van der Waals surface area contributed by atoms with Crippen LogP contribution in [0.1, 0.15) is 22.6 Å². The van der Waals surface area contributed by atoms with E-state index in [0.717, 1.165) is 16.7 Å². The van der Waals surface area contributed by atoms with Crippen molar-refractivity contribution in [2.75, 3.05) is 7.05 Å². The molecule has 0 aliphatic heterocycles. The quantitative estimate of drug-likeness (QED) is 0.861. The number of likely N-dealkylation sites (N-methyl/N-ethyl adjacent to an activating group) is 1. The summed E-state index contributed by atoms with van der Waals surface area (Å²) in [5, 5.41) is 9.31. The third-order valence-electron chi connectivity index (χ3n) is 3.39. The summed E-state index contributed by atoms with van der Waals surface area (Å²) >= 11 is 0. The summed E-state index contributed by atoms with van der Waals surface area (Å²) in [4.78, 5) is 14.1. The number of hydrogen-bond donors (Lipinski definition) is 0. The summed E-state index contributed by atoms with van der Waals surface area (Å²) in [5.74, 6) is -0.925. The van der Waals surface area contributed by atoms with Gasteiger partial charge in [-0.3, -0.25) is 4.79 Å². The van der Waals surface area contributed by atoms with Crippen molar-refractivity contribution in [2.45, 2.75) is 19.4 Å². The molecule has 0 aromatic heterocycles. The van der Waals surface area contributed by atoms with Crippen molar-refractivity contribution in [1.29, 1.82) is 5.26 Å². The van der Waals surface area contributed by atoms with Crippen molar-refractivity contribution in [2.24, 2.45) is 0 Å². The summed E-state index contributed by atoms with van der Waals surface area (Å²) in [7, 11) is 1.73. The van der Waals surface area contributed by atoms with Gasteiger partial charge in [0.05, 0.1) is 6.07 Å². The van der Waals surface area contributed by atoms with Gasteiger partial charge in [0, 0.05) is 13.6 Å². The summed E-state index contributed by atoms with van der Waals surface area (Å²) in [6.45, 7) is 2.53. The molecule has 2 rings (SSSR count). The van der Waals surface area contributed by atoms with Gasteiger partial charge in [0.15, 0.2) is 0 Å². The van der Waals surface area contributed by atoms with Gasteiger partial charge in [-0.05, 0) is 18.1 Å². The van der Waals surface area contributed by atoms with Crippen LogP contribution in [-0.4, -0.2) is 17.9 Å². The maximum absolute atomic E-state index is 12.5. The smallest absolute Gasteiger partial charge is 0.244 e. The van der Waals surface area contributed by atoms with Crippen LogP contribution in [0.25, 0.3) is 0 Å². The van der Waals surface area contributed by atoms with Crippen LogP contribution in [0.2, 0.25) is 0 Å². The van der Waals surface area contributed by atoms with Gasteiger partial charge in [0.2, 0.25) is 5.91 Å². The molecule has 0 heterocycles. The van der Waals surface area contributed by atoms with E-state index in [1.807, 2.05) is 61.5 Å². The zero-order valence-electron chi connectivity index (χ0n) is 12.3. The third-order valence-corrected chi connectivity index (χ3v) is 3.39. The first-order valence-electron chi connectivity index (χ1n) is 6.87. The normalized spacial score (nSPS) is 11.5. The lowest BCUT2D eigenvalue weighted by Crippen LogP contribution is -2.30. The Labute approximate surface area is 125 Å². The van der Waals surface area contributed by atoms with Gasteiger partial charge >= 0.3 is 0 Å². The molecular formula is C18H18N2O. The lowest BCUT2D eigenvalue weighted by molar-refractivity contribution is -0.130. The van der Waals surface area contributed by atoms with Crippen molar-refractivity contribution in [3.05, 3.63) is 71.3 Å². The number of nitrogens with zero attached hydrogens (tertiary/aromatic N) is 2. The second kappa shape index (κ2) is 6.71. The second-order valence-corrected chi connectivity index (χ2v) is 5.16. The van der Waals surface area contributed by atoms with Gasteiger partial charge in [-0.1, -0.05) is 60.2 Å². The molecule has 3 nitrogen and oxygen atoms in total. The van der Waals surface area contributed by atoms with E-state index in [1.54, 1.807) is 11.9 Å². The highest BCUT2D eigenvalue weighted by atomic mass is 16.2. The van der Waals surface area contributed by atoms with Crippen LogP contribution < -0.4 is 0 Å². The molecule has 1 unspecified atom stereocenters. The molecule has 2 aromatic carbocycles. The van der Waals surface area contributed by atoms with Crippen LogP contribution in [-0.2, 0) is 11.3 Å². The van der Waals surface area contributed by atoms with Crippen LogP contribution in [0.5, 0.6) is 0 Å². The largest absolute Gasteiger partial charge is 0.340 e. The average Bonchev–Trinajstić information content (AvgIpc) is 2.49. The fourth-order valence-corrected chi connectivity index (χ4v) is 2.30. The molecule has 0 aliphatic carbocycles. The Kier molecular flexibility index (Phi) is 4.73. The first-order valence-corrected chi connectivity index (χ1v) is 6.87. The minimum atomic E-state index is -0.749. The Balaban J connectivity index is 2.13. The highest BCUT2D eigenvalue weighted by Gasteiger charge is 2.23. The Morgan fingerprint density at radius 3 is 2.52 bits per heavy atom. The number of hydrogen-bond acceptors (Lipinski definition) is 2. The fourth-order valence-electron chi connectivity index (χ4n) is 2.30. The topological polar surface area (TPSA) is 44.1 Å².